The van der Waals surface area contributed by atoms with Crippen molar-refractivity contribution in [2.75, 3.05) is 59.9 Å². The number of likely N-dealkylation sites (N-methyl/N-ethyl adjacent to an activating group) is 1. The van der Waals surface area contributed by atoms with E-state index in [1.54, 1.807) is 0 Å². The molecular formula is C17H38IN5. The van der Waals surface area contributed by atoms with Gasteiger partial charge in [0.25, 0.3) is 0 Å². The zero-order valence-electron chi connectivity index (χ0n) is 15.6. The highest BCUT2D eigenvalue weighted by Gasteiger charge is 2.11. The zero-order valence-corrected chi connectivity index (χ0v) is 17.9. The van der Waals surface area contributed by atoms with Crippen molar-refractivity contribution in [2.24, 2.45) is 10.9 Å². The van der Waals surface area contributed by atoms with Crippen LogP contribution in [0.15, 0.2) is 4.99 Å². The third-order valence-corrected chi connectivity index (χ3v) is 4.23. The van der Waals surface area contributed by atoms with Crippen LogP contribution in [0.5, 0.6) is 0 Å². The number of aliphatic imine (C=N–C) groups is 1. The number of rotatable bonds is 8. The molecule has 0 aromatic heterocycles. The van der Waals surface area contributed by atoms with Crippen molar-refractivity contribution in [1.82, 2.24) is 20.4 Å². The third-order valence-electron chi connectivity index (χ3n) is 4.23. The number of guanidine groups is 1. The SMILES string of the molecule is CN=C(NCCCC(C)C)NCCCN1CCCN(C)CC1.I. The van der Waals surface area contributed by atoms with Crippen molar-refractivity contribution < 1.29 is 0 Å². The third kappa shape index (κ3) is 12.0. The van der Waals surface area contributed by atoms with Crippen LogP contribution in [-0.2, 0) is 0 Å². The van der Waals surface area contributed by atoms with Crippen LogP contribution in [0.1, 0.15) is 39.5 Å². The van der Waals surface area contributed by atoms with Crippen molar-refractivity contribution in [2.45, 2.75) is 39.5 Å². The van der Waals surface area contributed by atoms with Crippen molar-refractivity contribution in [3.63, 3.8) is 0 Å². The van der Waals surface area contributed by atoms with Gasteiger partial charge in [-0.2, -0.15) is 0 Å². The molecule has 0 aliphatic carbocycles. The van der Waals surface area contributed by atoms with Gasteiger partial charge in [-0.05, 0) is 58.3 Å². The summed E-state index contributed by atoms with van der Waals surface area (Å²) in [6.45, 7) is 12.6. The molecule has 1 fully saturated rings. The van der Waals surface area contributed by atoms with E-state index < -0.39 is 0 Å². The average molecular weight is 439 g/mol. The van der Waals surface area contributed by atoms with Gasteiger partial charge in [0, 0.05) is 33.2 Å². The number of nitrogens with one attached hydrogen (secondary N) is 2. The van der Waals surface area contributed by atoms with E-state index in [9.17, 15) is 0 Å². The van der Waals surface area contributed by atoms with Gasteiger partial charge in [-0.1, -0.05) is 13.8 Å². The largest absolute Gasteiger partial charge is 0.356 e. The molecule has 23 heavy (non-hydrogen) atoms. The van der Waals surface area contributed by atoms with E-state index in [2.05, 4.69) is 46.3 Å². The maximum absolute atomic E-state index is 4.29. The Balaban J connectivity index is 0.00000484. The lowest BCUT2D eigenvalue weighted by molar-refractivity contribution is 0.274. The summed E-state index contributed by atoms with van der Waals surface area (Å²) in [5.74, 6) is 1.73. The molecule has 1 heterocycles. The molecule has 0 atom stereocenters. The standard InChI is InChI=1S/C17H37N5.HI/c1-16(2)8-5-9-19-17(18-3)20-10-6-12-22-13-7-11-21(4)14-15-22;/h16H,5-15H2,1-4H3,(H2,18,19,20);1H. The maximum Gasteiger partial charge on any atom is 0.190 e. The lowest BCUT2D eigenvalue weighted by Crippen LogP contribution is -2.39. The highest BCUT2D eigenvalue weighted by atomic mass is 127. The number of hydrogen-bond donors (Lipinski definition) is 2. The number of hydrogen-bond acceptors (Lipinski definition) is 3. The molecule has 0 radical (unpaired) electrons. The van der Waals surface area contributed by atoms with Gasteiger partial charge in [-0.3, -0.25) is 4.99 Å². The Morgan fingerprint density at radius 2 is 1.74 bits per heavy atom. The summed E-state index contributed by atoms with van der Waals surface area (Å²) >= 11 is 0. The minimum Gasteiger partial charge on any atom is -0.356 e. The minimum atomic E-state index is 0. The Morgan fingerprint density at radius 1 is 1.04 bits per heavy atom. The monoisotopic (exact) mass is 439 g/mol. The molecule has 0 amide bonds. The van der Waals surface area contributed by atoms with Crippen LogP contribution in [0.3, 0.4) is 0 Å². The molecule has 1 saturated heterocycles. The number of nitrogens with zero attached hydrogens (tertiary/aromatic N) is 3. The summed E-state index contributed by atoms with van der Waals surface area (Å²) in [4.78, 5) is 9.31. The second-order valence-corrected chi connectivity index (χ2v) is 6.81. The maximum atomic E-state index is 4.29. The van der Waals surface area contributed by atoms with Gasteiger partial charge in [-0.25, -0.2) is 0 Å². The molecule has 0 aromatic carbocycles. The quantitative estimate of drug-likeness (QED) is 0.264. The summed E-state index contributed by atoms with van der Waals surface area (Å²) in [5.41, 5.74) is 0. The Morgan fingerprint density at radius 3 is 2.39 bits per heavy atom. The van der Waals surface area contributed by atoms with E-state index in [1.165, 1.54) is 58.4 Å². The molecule has 6 heteroatoms. The summed E-state index contributed by atoms with van der Waals surface area (Å²) in [7, 11) is 4.07. The van der Waals surface area contributed by atoms with Crippen LogP contribution >= 0.6 is 24.0 Å². The molecule has 0 saturated carbocycles. The smallest absolute Gasteiger partial charge is 0.190 e. The van der Waals surface area contributed by atoms with Crippen LogP contribution in [0.2, 0.25) is 0 Å². The van der Waals surface area contributed by atoms with Gasteiger partial charge in [0.2, 0.25) is 0 Å². The molecule has 5 nitrogen and oxygen atoms in total. The Bertz CT molecular complexity index is 309. The molecule has 0 unspecified atom stereocenters. The molecule has 138 valence electrons. The average Bonchev–Trinajstić information content (AvgIpc) is 2.70. The first-order chi connectivity index (χ1) is 10.6. The Kier molecular flexibility index (Phi) is 14.2. The predicted molar refractivity (Wildman–Crippen MR) is 112 cm³/mol. The molecule has 0 aromatic rings. The van der Waals surface area contributed by atoms with E-state index >= 15 is 0 Å². The van der Waals surface area contributed by atoms with E-state index in [0.717, 1.165) is 25.0 Å². The molecular weight excluding hydrogens is 401 g/mol. The summed E-state index contributed by atoms with van der Waals surface area (Å²) in [6, 6.07) is 0. The van der Waals surface area contributed by atoms with Crippen molar-refractivity contribution in [1.29, 1.82) is 0 Å². The minimum absolute atomic E-state index is 0. The van der Waals surface area contributed by atoms with Crippen molar-refractivity contribution in [3.8, 4) is 0 Å². The first-order valence-electron chi connectivity index (χ1n) is 8.97. The van der Waals surface area contributed by atoms with Crippen LogP contribution in [0.4, 0.5) is 0 Å². The van der Waals surface area contributed by atoms with E-state index in [0.29, 0.717) is 0 Å². The first kappa shape index (κ1) is 22.9. The van der Waals surface area contributed by atoms with Gasteiger partial charge in [0.1, 0.15) is 0 Å². The highest BCUT2D eigenvalue weighted by molar-refractivity contribution is 14.0. The van der Waals surface area contributed by atoms with Crippen LogP contribution < -0.4 is 10.6 Å². The van der Waals surface area contributed by atoms with Gasteiger partial charge in [-0.15, -0.1) is 24.0 Å². The second kappa shape index (κ2) is 14.3. The molecule has 1 aliphatic heterocycles. The summed E-state index contributed by atoms with van der Waals surface area (Å²) in [5, 5.41) is 6.82. The molecule has 2 N–H and O–H groups in total. The van der Waals surface area contributed by atoms with Gasteiger partial charge < -0.3 is 20.4 Å². The van der Waals surface area contributed by atoms with E-state index in [1.807, 2.05) is 7.05 Å². The fraction of sp³-hybridized carbons (Fsp3) is 0.941. The predicted octanol–water partition coefficient (Wildman–Crippen LogP) is 2.23. The Labute approximate surface area is 160 Å². The zero-order chi connectivity index (χ0) is 16.2. The molecule has 1 aliphatic rings. The lowest BCUT2D eigenvalue weighted by Gasteiger charge is -2.20. The van der Waals surface area contributed by atoms with Crippen LogP contribution in [0.25, 0.3) is 0 Å². The second-order valence-electron chi connectivity index (χ2n) is 6.81. The van der Waals surface area contributed by atoms with Crippen molar-refractivity contribution >= 4 is 29.9 Å². The van der Waals surface area contributed by atoms with Crippen molar-refractivity contribution in [3.05, 3.63) is 0 Å². The van der Waals surface area contributed by atoms with Gasteiger partial charge in [0.05, 0.1) is 0 Å². The Hall–Kier alpha value is -0.0800. The summed E-state index contributed by atoms with van der Waals surface area (Å²) in [6.07, 6.45) is 4.95. The lowest BCUT2D eigenvalue weighted by atomic mass is 10.1. The number of halogens is 1. The van der Waals surface area contributed by atoms with Gasteiger partial charge in [0.15, 0.2) is 5.96 Å². The molecule has 0 bridgehead atoms. The molecule has 1 rings (SSSR count). The highest BCUT2D eigenvalue weighted by Crippen LogP contribution is 2.02. The fourth-order valence-corrected chi connectivity index (χ4v) is 2.77. The topological polar surface area (TPSA) is 42.9 Å². The first-order valence-corrected chi connectivity index (χ1v) is 8.97. The van der Waals surface area contributed by atoms with E-state index in [-0.39, 0.29) is 24.0 Å². The van der Waals surface area contributed by atoms with Gasteiger partial charge >= 0.3 is 0 Å². The van der Waals surface area contributed by atoms with Crippen LogP contribution in [0, 0.1) is 5.92 Å². The normalized spacial score (nSPS) is 17.7. The fourth-order valence-electron chi connectivity index (χ4n) is 2.77. The van der Waals surface area contributed by atoms with E-state index in [4.69, 9.17) is 0 Å². The molecule has 0 spiro atoms. The van der Waals surface area contributed by atoms with Crippen LogP contribution in [-0.4, -0.2) is 75.7 Å². The summed E-state index contributed by atoms with van der Waals surface area (Å²) < 4.78 is 0.